The lowest BCUT2D eigenvalue weighted by atomic mass is 10.0. The van der Waals surface area contributed by atoms with Crippen molar-refractivity contribution in [2.75, 3.05) is 13.7 Å². The van der Waals surface area contributed by atoms with Crippen LogP contribution in [-0.4, -0.2) is 13.7 Å². The molecular formula is C14H18Cl2O2. The molecule has 18 heavy (non-hydrogen) atoms. The maximum Gasteiger partial charge on any atom is 0.125 e. The van der Waals surface area contributed by atoms with Crippen molar-refractivity contribution in [3.8, 4) is 11.5 Å². The number of rotatable bonds is 6. The lowest BCUT2D eigenvalue weighted by Crippen LogP contribution is -2.00. The third-order valence-electron chi connectivity index (χ3n) is 2.67. The minimum absolute atomic E-state index is 0.218. The van der Waals surface area contributed by atoms with Gasteiger partial charge in [0.1, 0.15) is 22.6 Å². The SMILES string of the molecule is CCc1cc(OCC=C(Cl)Cl)cc(CC)c1OC. The second kappa shape index (κ2) is 7.55. The van der Waals surface area contributed by atoms with Gasteiger partial charge < -0.3 is 9.47 Å². The quantitative estimate of drug-likeness (QED) is 0.766. The van der Waals surface area contributed by atoms with Crippen molar-refractivity contribution in [2.45, 2.75) is 26.7 Å². The number of halogens is 2. The molecule has 0 unspecified atom stereocenters. The highest BCUT2D eigenvalue weighted by Crippen LogP contribution is 2.30. The van der Waals surface area contributed by atoms with Gasteiger partial charge in [-0.25, -0.2) is 0 Å². The highest BCUT2D eigenvalue weighted by atomic mass is 35.5. The molecule has 1 aromatic carbocycles. The van der Waals surface area contributed by atoms with E-state index in [9.17, 15) is 0 Å². The average molecular weight is 289 g/mol. The average Bonchev–Trinajstić information content (AvgIpc) is 2.36. The largest absolute Gasteiger partial charge is 0.496 e. The molecule has 0 saturated carbocycles. The zero-order chi connectivity index (χ0) is 13.5. The second-order valence-corrected chi connectivity index (χ2v) is 4.79. The second-order valence-electron chi connectivity index (χ2n) is 3.79. The first kappa shape index (κ1) is 15.2. The predicted octanol–water partition coefficient (Wildman–Crippen LogP) is 4.52. The Morgan fingerprint density at radius 3 is 2.11 bits per heavy atom. The Hall–Kier alpha value is -0.860. The van der Waals surface area contributed by atoms with Crippen molar-refractivity contribution >= 4 is 23.2 Å². The fourth-order valence-electron chi connectivity index (χ4n) is 1.79. The van der Waals surface area contributed by atoms with Crippen LogP contribution in [0.5, 0.6) is 11.5 Å². The van der Waals surface area contributed by atoms with E-state index in [1.54, 1.807) is 13.2 Å². The Morgan fingerprint density at radius 1 is 1.17 bits per heavy atom. The van der Waals surface area contributed by atoms with Crippen LogP contribution >= 0.6 is 23.2 Å². The van der Waals surface area contributed by atoms with E-state index in [0.29, 0.717) is 6.61 Å². The summed E-state index contributed by atoms with van der Waals surface area (Å²) >= 11 is 11.1. The van der Waals surface area contributed by atoms with E-state index in [2.05, 4.69) is 13.8 Å². The summed E-state index contributed by atoms with van der Waals surface area (Å²) in [6, 6.07) is 3.99. The van der Waals surface area contributed by atoms with Crippen molar-refractivity contribution < 1.29 is 9.47 Å². The van der Waals surface area contributed by atoms with E-state index in [1.807, 2.05) is 12.1 Å². The minimum atomic E-state index is 0.218. The molecule has 1 rings (SSSR count). The van der Waals surface area contributed by atoms with E-state index in [4.69, 9.17) is 32.7 Å². The van der Waals surface area contributed by atoms with Gasteiger partial charge >= 0.3 is 0 Å². The standard InChI is InChI=1S/C14H18Cl2O2/c1-4-10-8-12(18-7-6-13(15)16)9-11(5-2)14(10)17-3/h6,8-9H,4-5,7H2,1-3H3. The molecule has 0 heterocycles. The van der Waals surface area contributed by atoms with Gasteiger partial charge in [0.2, 0.25) is 0 Å². The topological polar surface area (TPSA) is 18.5 Å². The van der Waals surface area contributed by atoms with Gasteiger partial charge in [-0.2, -0.15) is 0 Å². The molecule has 0 bridgehead atoms. The van der Waals surface area contributed by atoms with Crippen LogP contribution in [0.4, 0.5) is 0 Å². The summed E-state index contributed by atoms with van der Waals surface area (Å²) in [4.78, 5) is 0. The minimum Gasteiger partial charge on any atom is -0.496 e. The van der Waals surface area contributed by atoms with Gasteiger partial charge in [0.25, 0.3) is 0 Å². The van der Waals surface area contributed by atoms with Crippen LogP contribution in [0.15, 0.2) is 22.7 Å². The van der Waals surface area contributed by atoms with Gasteiger partial charge in [-0.05, 0) is 42.2 Å². The molecule has 100 valence electrons. The third kappa shape index (κ3) is 4.11. The number of methoxy groups -OCH3 is 1. The van der Waals surface area contributed by atoms with E-state index in [-0.39, 0.29) is 4.49 Å². The van der Waals surface area contributed by atoms with Gasteiger partial charge in [-0.1, -0.05) is 37.0 Å². The molecule has 0 aliphatic rings. The fourth-order valence-corrected chi connectivity index (χ4v) is 1.92. The molecule has 0 radical (unpaired) electrons. The molecular weight excluding hydrogens is 271 g/mol. The Morgan fingerprint density at radius 2 is 1.72 bits per heavy atom. The van der Waals surface area contributed by atoms with E-state index >= 15 is 0 Å². The van der Waals surface area contributed by atoms with Crippen molar-refractivity contribution in [3.63, 3.8) is 0 Å². The highest BCUT2D eigenvalue weighted by Gasteiger charge is 2.09. The summed E-state index contributed by atoms with van der Waals surface area (Å²) in [7, 11) is 1.70. The zero-order valence-corrected chi connectivity index (χ0v) is 12.4. The van der Waals surface area contributed by atoms with E-state index in [0.717, 1.165) is 35.5 Å². The Bertz CT molecular complexity index is 399. The summed E-state index contributed by atoms with van der Waals surface area (Å²) in [6.45, 7) is 4.55. The number of ether oxygens (including phenoxy) is 2. The van der Waals surface area contributed by atoms with Crippen LogP contribution in [0.2, 0.25) is 0 Å². The lowest BCUT2D eigenvalue weighted by Gasteiger charge is -2.14. The Kier molecular flexibility index (Phi) is 6.37. The van der Waals surface area contributed by atoms with Crippen LogP contribution in [-0.2, 0) is 12.8 Å². The van der Waals surface area contributed by atoms with Crippen LogP contribution < -0.4 is 9.47 Å². The maximum atomic E-state index is 5.60. The molecule has 0 atom stereocenters. The first-order valence-electron chi connectivity index (χ1n) is 5.96. The lowest BCUT2D eigenvalue weighted by molar-refractivity contribution is 0.358. The summed E-state index contributed by atoms with van der Waals surface area (Å²) in [5.41, 5.74) is 2.29. The highest BCUT2D eigenvalue weighted by molar-refractivity contribution is 6.55. The van der Waals surface area contributed by atoms with Crippen molar-refractivity contribution in [1.29, 1.82) is 0 Å². The van der Waals surface area contributed by atoms with Crippen molar-refractivity contribution in [2.24, 2.45) is 0 Å². The van der Waals surface area contributed by atoms with Crippen LogP contribution in [0.1, 0.15) is 25.0 Å². The first-order chi connectivity index (χ1) is 8.62. The smallest absolute Gasteiger partial charge is 0.125 e. The number of aryl methyl sites for hydroxylation is 2. The molecule has 0 spiro atoms. The Balaban J connectivity index is 2.96. The van der Waals surface area contributed by atoms with Crippen LogP contribution in [0.25, 0.3) is 0 Å². The molecule has 0 aliphatic carbocycles. The summed E-state index contributed by atoms with van der Waals surface area (Å²) in [5.74, 6) is 1.77. The summed E-state index contributed by atoms with van der Waals surface area (Å²) in [5, 5.41) is 0. The van der Waals surface area contributed by atoms with Gasteiger partial charge in [-0.15, -0.1) is 0 Å². The number of hydrogen-bond acceptors (Lipinski definition) is 2. The molecule has 0 N–H and O–H groups in total. The maximum absolute atomic E-state index is 5.60. The molecule has 0 fully saturated rings. The summed E-state index contributed by atoms with van der Waals surface area (Å²) < 4.78 is 11.3. The third-order valence-corrected chi connectivity index (χ3v) is 2.98. The van der Waals surface area contributed by atoms with Gasteiger partial charge in [0, 0.05) is 0 Å². The number of benzene rings is 1. The fraction of sp³-hybridized carbons (Fsp3) is 0.429. The molecule has 0 aromatic heterocycles. The van der Waals surface area contributed by atoms with Crippen LogP contribution in [0.3, 0.4) is 0 Å². The van der Waals surface area contributed by atoms with Crippen molar-refractivity contribution in [3.05, 3.63) is 33.8 Å². The van der Waals surface area contributed by atoms with Gasteiger partial charge in [-0.3, -0.25) is 0 Å². The predicted molar refractivity (Wildman–Crippen MR) is 77.0 cm³/mol. The van der Waals surface area contributed by atoms with E-state index in [1.165, 1.54) is 0 Å². The van der Waals surface area contributed by atoms with Gasteiger partial charge in [0.15, 0.2) is 0 Å². The monoisotopic (exact) mass is 288 g/mol. The number of hydrogen-bond donors (Lipinski definition) is 0. The van der Waals surface area contributed by atoms with E-state index < -0.39 is 0 Å². The molecule has 0 aliphatic heterocycles. The summed E-state index contributed by atoms with van der Waals surface area (Å²) in [6.07, 6.45) is 3.42. The Labute approximate surface area is 118 Å². The first-order valence-corrected chi connectivity index (χ1v) is 6.71. The zero-order valence-electron chi connectivity index (χ0n) is 10.9. The van der Waals surface area contributed by atoms with Crippen molar-refractivity contribution in [1.82, 2.24) is 0 Å². The van der Waals surface area contributed by atoms with Crippen LogP contribution in [0, 0.1) is 0 Å². The molecule has 0 amide bonds. The molecule has 0 saturated heterocycles. The molecule has 2 nitrogen and oxygen atoms in total. The molecule has 4 heteroatoms. The normalized spacial score (nSPS) is 10.1. The molecule has 1 aromatic rings. The van der Waals surface area contributed by atoms with Gasteiger partial charge in [0.05, 0.1) is 7.11 Å².